The summed E-state index contributed by atoms with van der Waals surface area (Å²) >= 11 is 0. The number of halogens is 7. The van der Waals surface area contributed by atoms with E-state index in [1.807, 2.05) is 24.3 Å². The van der Waals surface area contributed by atoms with Crippen molar-refractivity contribution < 1.29 is 35.5 Å². The monoisotopic (exact) mass is 578 g/mol. The number of rotatable bonds is 8. The first-order valence-corrected chi connectivity index (χ1v) is 13.5. The smallest absolute Gasteiger partial charge is 0.351 e. The van der Waals surface area contributed by atoms with Crippen molar-refractivity contribution in [2.24, 2.45) is 11.3 Å². The third kappa shape index (κ3) is 6.58. The number of carbonyl (C=O) groups excluding carboxylic acids is 1. The van der Waals surface area contributed by atoms with Crippen LogP contribution in [0.1, 0.15) is 53.9 Å². The second kappa shape index (κ2) is 11.1. The quantitative estimate of drug-likeness (QED) is 0.269. The number of amides is 1. The zero-order valence-corrected chi connectivity index (χ0v) is 22.0. The highest BCUT2D eigenvalue weighted by molar-refractivity contribution is 5.84. The molecule has 2 atom stereocenters. The molecule has 2 aliphatic rings. The molecule has 1 saturated carbocycles. The Hall–Kier alpha value is -3.40. The topological polar surface area (TPSA) is 41.1 Å². The van der Waals surface area contributed by atoms with Crippen molar-refractivity contribution in [1.29, 1.82) is 0 Å². The molecule has 2 unspecified atom stereocenters. The van der Waals surface area contributed by atoms with Crippen LogP contribution in [0, 0.1) is 17.2 Å². The summed E-state index contributed by atoms with van der Waals surface area (Å²) < 4.78 is 93.4. The van der Waals surface area contributed by atoms with Gasteiger partial charge in [-0.3, -0.25) is 4.79 Å². The summed E-state index contributed by atoms with van der Waals surface area (Å²) in [4.78, 5) is 13.8. The maximum absolute atomic E-state index is 13.8. The van der Waals surface area contributed by atoms with E-state index < -0.39 is 41.3 Å². The fourth-order valence-corrected chi connectivity index (χ4v) is 5.76. The van der Waals surface area contributed by atoms with E-state index >= 15 is 0 Å². The molecule has 1 aliphatic heterocycles. The molecule has 0 bridgehead atoms. The van der Waals surface area contributed by atoms with Crippen LogP contribution in [0.25, 0.3) is 11.1 Å². The van der Waals surface area contributed by atoms with Gasteiger partial charge in [-0.2, -0.15) is 26.3 Å². The molecule has 1 heterocycles. The van der Waals surface area contributed by atoms with Crippen molar-refractivity contribution in [2.75, 3.05) is 13.1 Å². The molecule has 3 aromatic rings. The number of hydrogen-bond acceptors (Lipinski definition) is 2. The van der Waals surface area contributed by atoms with E-state index in [4.69, 9.17) is 0 Å². The van der Waals surface area contributed by atoms with E-state index in [0.29, 0.717) is 37.6 Å². The van der Waals surface area contributed by atoms with Gasteiger partial charge in [0, 0.05) is 13.1 Å². The minimum absolute atomic E-state index is 0.0783. The van der Waals surface area contributed by atoms with Crippen LogP contribution in [0.5, 0.6) is 0 Å². The predicted molar refractivity (Wildman–Crippen MR) is 140 cm³/mol. The summed E-state index contributed by atoms with van der Waals surface area (Å²) in [5, 5.41) is 5.92. The minimum atomic E-state index is -4.97. The molecule has 3 aromatic carbocycles. The lowest BCUT2D eigenvalue weighted by atomic mass is 9.68. The SMILES string of the molecule is O=C(NCc1cc(C(F)(F)F)cc(C(F)(F)F)c1)C1(C(CC2CC2)c2ccc(-c3ccc(F)cc3)cc2)CCNC1. The zero-order valence-electron chi connectivity index (χ0n) is 22.0. The molecule has 2 fully saturated rings. The highest BCUT2D eigenvalue weighted by Crippen LogP contribution is 2.50. The van der Waals surface area contributed by atoms with Crippen LogP contribution in [0.3, 0.4) is 0 Å². The largest absolute Gasteiger partial charge is 0.416 e. The van der Waals surface area contributed by atoms with E-state index in [2.05, 4.69) is 10.6 Å². The lowest BCUT2D eigenvalue weighted by Crippen LogP contribution is -2.46. The Bertz CT molecular complexity index is 1340. The molecular formula is C31H29F7N2O. The van der Waals surface area contributed by atoms with Crippen molar-refractivity contribution in [3.8, 4) is 11.1 Å². The molecule has 3 nitrogen and oxygen atoms in total. The average molecular weight is 579 g/mol. The van der Waals surface area contributed by atoms with Crippen LogP contribution in [-0.2, 0) is 23.7 Å². The van der Waals surface area contributed by atoms with Crippen LogP contribution >= 0.6 is 0 Å². The standard InChI is InChI=1S/C31H29F7N2O/c32-26-9-7-22(8-10-26)21-3-5-23(6-4-21)27(15-19-1-2-19)29(11-12-39-18-29)28(41)40-17-20-13-24(30(33,34)35)16-25(14-20)31(36,37)38/h3-10,13-14,16,19,27,39H,1-2,11-12,15,17-18H2,(H,40,41). The van der Waals surface area contributed by atoms with E-state index in [1.54, 1.807) is 12.1 Å². The number of benzene rings is 3. The van der Waals surface area contributed by atoms with Gasteiger partial charge in [0.25, 0.3) is 0 Å². The summed E-state index contributed by atoms with van der Waals surface area (Å²) in [5.41, 5.74) is -1.38. The first kappa shape index (κ1) is 29.1. The number of carbonyl (C=O) groups is 1. The Morgan fingerprint density at radius 1 is 0.878 bits per heavy atom. The van der Waals surface area contributed by atoms with Crippen molar-refractivity contribution in [3.05, 3.63) is 94.8 Å². The summed E-state index contributed by atoms with van der Waals surface area (Å²) in [6.07, 6.45) is -6.63. The first-order valence-electron chi connectivity index (χ1n) is 13.5. The Balaban J connectivity index is 1.41. The van der Waals surface area contributed by atoms with Gasteiger partial charge in [-0.05, 0) is 83.8 Å². The molecule has 41 heavy (non-hydrogen) atoms. The van der Waals surface area contributed by atoms with Crippen molar-refractivity contribution >= 4 is 5.91 Å². The fraction of sp³-hybridized carbons (Fsp3) is 0.387. The normalized spacial score (nSPS) is 20.2. The van der Waals surface area contributed by atoms with Crippen molar-refractivity contribution in [3.63, 3.8) is 0 Å². The Labute approximate surface area is 233 Å². The molecule has 10 heteroatoms. The van der Waals surface area contributed by atoms with Gasteiger partial charge in [0.2, 0.25) is 5.91 Å². The van der Waals surface area contributed by atoms with Gasteiger partial charge in [-0.15, -0.1) is 0 Å². The minimum Gasteiger partial charge on any atom is -0.351 e. The molecule has 5 rings (SSSR count). The third-order valence-corrected chi connectivity index (χ3v) is 8.16. The van der Waals surface area contributed by atoms with Gasteiger partial charge >= 0.3 is 12.4 Å². The highest BCUT2D eigenvalue weighted by atomic mass is 19.4. The molecule has 1 saturated heterocycles. The van der Waals surface area contributed by atoms with Gasteiger partial charge in [0.05, 0.1) is 16.5 Å². The highest BCUT2D eigenvalue weighted by Gasteiger charge is 2.49. The third-order valence-electron chi connectivity index (χ3n) is 8.16. The van der Waals surface area contributed by atoms with Crippen molar-refractivity contribution in [2.45, 2.75) is 50.5 Å². The van der Waals surface area contributed by atoms with Gasteiger partial charge < -0.3 is 10.6 Å². The molecule has 0 spiro atoms. The van der Waals surface area contributed by atoms with E-state index in [9.17, 15) is 35.5 Å². The van der Waals surface area contributed by atoms with Crippen LogP contribution in [0.4, 0.5) is 30.7 Å². The Morgan fingerprint density at radius 2 is 1.44 bits per heavy atom. The summed E-state index contributed by atoms with van der Waals surface area (Å²) in [6.45, 7) is 0.434. The second-order valence-electron chi connectivity index (χ2n) is 11.0. The Kier molecular flexibility index (Phi) is 7.89. The van der Waals surface area contributed by atoms with Crippen molar-refractivity contribution in [1.82, 2.24) is 10.6 Å². The van der Waals surface area contributed by atoms with Crippen LogP contribution in [0.2, 0.25) is 0 Å². The first-order chi connectivity index (χ1) is 19.3. The lowest BCUT2D eigenvalue weighted by Gasteiger charge is -2.36. The summed E-state index contributed by atoms with van der Waals surface area (Å²) in [6, 6.07) is 15.2. The van der Waals surface area contributed by atoms with E-state index in [-0.39, 0.29) is 23.4 Å². The van der Waals surface area contributed by atoms with Gasteiger partial charge in [0.15, 0.2) is 0 Å². The molecule has 0 radical (unpaired) electrons. The molecular weight excluding hydrogens is 549 g/mol. The number of hydrogen-bond donors (Lipinski definition) is 2. The zero-order chi connectivity index (χ0) is 29.4. The fourth-order valence-electron chi connectivity index (χ4n) is 5.76. The van der Waals surface area contributed by atoms with E-state index in [1.165, 1.54) is 12.1 Å². The van der Waals surface area contributed by atoms with Gasteiger partial charge in [-0.25, -0.2) is 4.39 Å². The van der Waals surface area contributed by atoms with Crippen LogP contribution < -0.4 is 10.6 Å². The van der Waals surface area contributed by atoms with E-state index in [0.717, 1.165) is 36.0 Å². The maximum Gasteiger partial charge on any atom is 0.416 e. The molecule has 1 aliphatic carbocycles. The summed E-state index contributed by atoms with van der Waals surface area (Å²) in [7, 11) is 0. The second-order valence-corrected chi connectivity index (χ2v) is 11.0. The van der Waals surface area contributed by atoms with Crippen LogP contribution in [-0.4, -0.2) is 19.0 Å². The predicted octanol–water partition coefficient (Wildman–Crippen LogP) is 7.71. The average Bonchev–Trinajstić information content (AvgIpc) is 3.62. The number of nitrogens with one attached hydrogen (secondary N) is 2. The van der Waals surface area contributed by atoms with Gasteiger partial charge in [0.1, 0.15) is 5.82 Å². The molecule has 2 N–H and O–H groups in total. The van der Waals surface area contributed by atoms with Gasteiger partial charge in [-0.1, -0.05) is 49.2 Å². The Morgan fingerprint density at radius 3 is 1.93 bits per heavy atom. The molecule has 218 valence electrons. The summed E-state index contributed by atoms with van der Waals surface area (Å²) in [5.74, 6) is -0.502. The molecule has 0 aromatic heterocycles. The molecule has 1 amide bonds. The lowest BCUT2D eigenvalue weighted by molar-refractivity contribution is -0.143. The van der Waals surface area contributed by atoms with Crippen LogP contribution in [0.15, 0.2) is 66.7 Å². The number of alkyl halides is 6. The maximum atomic E-state index is 13.8.